The predicted molar refractivity (Wildman–Crippen MR) is 77.1 cm³/mol. The first-order valence-corrected chi connectivity index (χ1v) is 7.80. The van der Waals surface area contributed by atoms with Crippen molar-refractivity contribution in [1.29, 1.82) is 0 Å². The summed E-state index contributed by atoms with van der Waals surface area (Å²) in [6, 6.07) is 3.84. The van der Waals surface area contributed by atoms with Gasteiger partial charge in [0.05, 0.1) is 11.3 Å². The van der Waals surface area contributed by atoms with Gasteiger partial charge < -0.3 is 15.7 Å². The summed E-state index contributed by atoms with van der Waals surface area (Å²) in [4.78, 5) is 22.4. The highest BCUT2D eigenvalue weighted by Crippen LogP contribution is 2.23. The summed E-state index contributed by atoms with van der Waals surface area (Å²) in [6.07, 6.45) is 1.55. The Morgan fingerprint density at radius 1 is 1.42 bits per heavy atom. The molecular formula is C11H13BrN2O4S. The van der Waals surface area contributed by atoms with Gasteiger partial charge in [-0.1, -0.05) is 0 Å². The van der Waals surface area contributed by atoms with Crippen LogP contribution in [0.15, 0.2) is 22.7 Å². The number of hydrogen-bond donors (Lipinski definition) is 3. The van der Waals surface area contributed by atoms with E-state index < -0.39 is 22.8 Å². The zero-order chi connectivity index (χ0) is 14.4. The van der Waals surface area contributed by atoms with Crippen LogP contribution in [0.1, 0.15) is 10.4 Å². The fourth-order valence-electron chi connectivity index (χ4n) is 1.23. The van der Waals surface area contributed by atoms with Crippen LogP contribution in [0.5, 0.6) is 0 Å². The lowest BCUT2D eigenvalue weighted by Gasteiger charge is -2.09. The first-order valence-electron chi connectivity index (χ1n) is 5.28. The van der Waals surface area contributed by atoms with E-state index in [1.165, 1.54) is 12.1 Å². The first kappa shape index (κ1) is 15.6. The van der Waals surface area contributed by atoms with Crippen molar-refractivity contribution in [2.24, 2.45) is 0 Å². The smallest absolute Gasteiger partial charge is 0.335 e. The Morgan fingerprint density at radius 3 is 2.68 bits per heavy atom. The maximum absolute atomic E-state index is 11.5. The van der Waals surface area contributed by atoms with Gasteiger partial charge in [-0.2, -0.15) is 0 Å². The monoisotopic (exact) mass is 348 g/mol. The van der Waals surface area contributed by atoms with E-state index >= 15 is 0 Å². The van der Waals surface area contributed by atoms with E-state index in [2.05, 4.69) is 26.6 Å². The van der Waals surface area contributed by atoms with Gasteiger partial charge in [-0.05, 0) is 34.1 Å². The Balaban J connectivity index is 2.65. The molecule has 0 saturated carbocycles. The van der Waals surface area contributed by atoms with Crippen LogP contribution in [0.3, 0.4) is 0 Å². The van der Waals surface area contributed by atoms with Crippen LogP contribution in [0.25, 0.3) is 0 Å². The van der Waals surface area contributed by atoms with Gasteiger partial charge >= 0.3 is 12.0 Å². The minimum atomic E-state index is -1.07. The molecule has 6 nitrogen and oxygen atoms in total. The molecule has 0 spiro atoms. The second-order valence-corrected chi connectivity index (χ2v) is 6.07. The topological polar surface area (TPSA) is 95.5 Å². The van der Waals surface area contributed by atoms with Gasteiger partial charge in [-0.15, -0.1) is 0 Å². The first-order chi connectivity index (χ1) is 8.90. The van der Waals surface area contributed by atoms with Gasteiger partial charge in [0.2, 0.25) is 0 Å². The summed E-state index contributed by atoms with van der Waals surface area (Å²) in [6.45, 7) is 0.283. The number of benzene rings is 1. The fourth-order valence-corrected chi connectivity index (χ4v) is 1.96. The number of rotatable bonds is 5. The SMILES string of the molecule is CS(=O)CCNC(=O)Nc1cc(C(=O)O)ccc1Br. The summed E-state index contributed by atoms with van der Waals surface area (Å²) in [5.74, 6) is -0.707. The highest BCUT2D eigenvalue weighted by Gasteiger charge is 2.09. The van der Waals surface area contributed by atoms with Crippen molar-refractivity contribution in [1.82, 2.24) is 5.32 Å². The van der Waals surface area contributed by atoms with Crippen molar-refractivity contribution in [2.75, 3.05) is 23.9 Å². The van der Waals surface area contributed by atoms with Crippen LogP contribution < -0.4 is 10.6 Å². The van der Waals surface area contributed by atoms with E-state index in [1.54, 1.807) is 12.3 Å². The summed E-state index contributed by atoms with van der Waals surface area (Å²) in [5, 5.41) is 13.9. The van der Waals surface area contributed by atoms with Crippen LogP contribution >= 0.6 is 15.9 Å². The van der Waals surface area contributed by atoms with E-state index in [0.29, 0.717) is 15.9 Å². The molecule has 1 unspecified atom stereocenters. The van der Waals surface area contributed by atoms with Crippen molar-refractivity contribution >= 4 is 44.4 Å². The number of hydrogen-bond acceptors (Lipinski definition) is 3. The molecule has 1 rings (SSSR count). The number of carbonyl (C=O) groups is 2. The minimum Gasteiger partial charge on any atom is -0.478 e. The summed E-state index contributed by atoms with van der Waals surface area (Å²) in [7, 11) is -0.972. The van der Waals surface area contributed by atoms with E-state index in [4.69, 9.17) is 5.11 Å². The molecule has 1 aromatic rings. The van der Waals surface area contributed by atoms with Crippen molar-refractivity contribution in [3.63, 3.8) is 0 Å². The zero-order valence-electron chi connectivity index (χ0n) is 10.1. The largest absolute Gasteiger partial charge is 0.478 e. The number of amides is 2. The molecule has 0 fully saturated rings. The second kappa shape index (κ2) is 7.25. The van der Waals surface area contributed by atoms with Crippen LogP contribution in [0.2, 0.25) is 0 Å². The molecule has 0 aliphatic carbocycles. The van der Waals surface area contributed by atoms with Gasteiger partial charge in [0.25, 0.3) is 0 Å². The molecule has 0 saturated heterocycles. The molecular weight excluding hydrogens is 336 g/mol. The average molecular weight is 349 g/mol. The number of nitrogens with one attached hydrogen (secondary N) is 2. The van der Waals surface area contributed by atoms with Gasteiger partial charge in [-0.3, -0.25) is 4.21 Å². The summed E-state index contributed by atoms with van der Waals surface area (Å²) >= 11 is 3.22. The van der Waals surface area contributed by atoms with Crippen molar-refractivity contribution in [3.05, 3.63) is 28.2 Å². The molecule has 0 radical (unpaired) electrons. The van der Waals surface area contributed by atoms with Crippen LogP contribution in [0, 0.1) is 0 Å². The predicted octanol–water partition coefficient (Wildman–Crippen LogP) is 1.65. The average Bonchev–Trinajstić information content (AvgIpc) is 2.31. The highest BCUT2D eigenvalue weighted by atomic mass is 79.9. The molecule has 19 heavy (non-hydrogen) atoms. The van der Waals surface area contributed by atoms with Gasteiger partial charge in [-0.25, -0.2) is 9.59 Å². The Labute approximate surface area is 121 Å². The number of halogens is 1. The molecule has 1 atom stereocenters. The fraction of sp³-hybridized carbons (Fsp3) is 0.273. The normalized spacial score (nSPS) is 11.7. The number of anilines is 1. The van der Waals surface area contributed by atoms with Gasteiger partial charge in [0, 0.05) is 33.8 Å². The highest BCUT2D eigenvalue weighted by molar-refractivity contribution is 9.10. The molecule has 1 aromatic carbocycles. The van der Waals surface area contributed by atoms with Crippen LogP contribution in [-0.4, -0.2) is 39.9 Å². The summed E-state index contributed by atoms with van der Waals surface area (Å²) in [5.41, 5.74) is 0.434. The minimum absolute atomic E-state index is 0.0770. The number of carboxylic acids is 1. The zero-order valence-corrected chi connectivity index (χ0v) is 12.5. The van der Waals surface area contributed by atoms with Crippen molar-refractivity contribution in [2.45, 2.75) is 0 Å². The summed E-state index contributed by atoms with van der Waals surface area (Å²) < 4.78 is 11.4. The molecule has 0 aromatic heterocycles. The Kier molecular flexibility index (Phi) is 5.97. The molecule has 0 aliphatic heterocycles. The van der Waals surface area contributed by atoms with E-state index in [9.17, 15) is 13.8 Å². The number of carbonyl (C=O) groups excluding carboxylic acids is 1. The lowest BCUT2D eigenvalue weighted by molar-refractivity contribution is 0.0697. The molecule has 8 heteroatoms. The van der Waals surface area contributed by atoms with Gasteiger partial charge in [0.1, 0.15) is 0 Å². The standard InChI is InChI=1S/C11H13BrN2O4S/c1-19(18)5-4-13-11(17)14-9-6-7(10(15)16)2-3-8(9)12/h2-3,6H,4-5H2,1H3,(H,15,16)(H2,13,14,17). The number of urea groups is 1. The molecule has 3 N–H and O–H groups in total. The van der Waals surface area contributed by atoms with Crippen LogP contribution in [0.4, 0.5) is 10.5 Å². The molecule has 0 aliphatic rings. The lowest BCUT2D eigenvalue weighted by atomic mass is 10.2. The second-order valence-electron chi connectivity index (χ2n) is 3.66. The number of aromatic carboxylic acids is 1. The Morgan fingerprint density at radius 2 is 2.11 bits per heavy atom. The molecule has 2 amide bonds. The van der Waals surface area contributed by atoms with E-state index in [-0.39, 0.29) is 12.1 Å². The third-order valence-electron chi connectivity index (χ3n) is 2.14. The third kappa shape index (κ3) is 5.39. The van der Waals surface area contributed by atoms with E-state index in [0.717, 1.165) is 0 Å². The quantitative estimate of drug-likeness (QED) is 0.753. The lowest BCUT2D eigenvalue weighted by Crippen LogP contribution is -2.31. The molecule has 0 heterocycles. The van der Waals surface area contributed by atoms with Crippen molar-refractivity contribution in [3.8, 4) is 0 Å². The van der Waals surface area contributed by atoms with E-state index in [1.807, 2.05) is 0 Å². The molecule has 104 valence electrons. The maximum atomic E-state index is 11.5. The molecule has 0 bridgehead atoms. The number of carboxylic acid groups (broad SMARTS) is 1. The Bertz CT molecular complexity index is 521. The maximum Gasteiger partial charge on any atom is 0.335 e. The third-order valence-corrected chi connectivity index (χ3v) is 3.61. The van der Waals surface area contributed by atoms with Gasteiger partial charge in [0.15, 0.2) is 0 Å². The van der Waals surface area contributed by atoms with Crippen molar-refractivity contribution < 1.29 is 18.9 Å². The Hall–Kier alpha value is -1.41. The van der Waals surface area contributed by atoms with Crippen LogP contribution in [-0.2, 0) is 10.8 Å².